The van der Waals surface area contributed by atoms with Crippen molar-refractivity contribution in [3.63, 3.8) is 0 Å². The quantitative estimate of drug-likeness (QED) is 0.354. The number of hydrogen-bond acceptors (Lipinski definition) is 0. The molecule has 0 aromatic rings. The molecule has 92 valence electrons. The van der Waals surface area contributed by atoms with Gasteiger partial charge in [0.1, 0.15) is 0 Å². The van der Waals surface area contributed by atoms with Crippen LogP contribution in [0.4, 0.5) is 0 Å². The van der Waals surface area contributed by atoms with Gasteiger partial charge in [0, 0.05) is 0 Å². The summed E-state index contributed by atoms with van der Waals surface area (Å²) >= 11 is -1.01. The van der Waals surface area contributed by atoms with Gasteiger partial charge >= 0.3 is 105 Å². The number of hydrogen-bond donors (Lipinski definition) is 0. The molecule has 0 aliphatic heterocycles. The van der Waals surface area contributed by atoms with Crippen molar-refractivity contribution in [3.05, 3.63) is 0 Å². The van der Waals surface area contributed by atoms with E-state index in [2.05, 4.69) is 20.8 Å². The molecule has 1 heteroatoms. The van der Waals surface area contributed by atoms with Gasteiger partial charge in [-0.1, -0.05) is 0 Å². The minimum atomic E-state index is -1.01. The van der Waals surface area contributed by atoms with E-state index in [0.717, 1.165) is 0 Å². The Kier molecular flexibility index (Phi) is 13.6. The van der Waals surface area contributed by atoms with Crippen LogP contribution in [0.25, 0.3) is 0 Å². The SMILES string of the molecule is CCCCC[CH2][SnH]([CH2]CCC)[CH2]CCC. The van der Waals surface area contributed by atoms with Crippen molar-refractivity contribution in [2.24, 2.45) is 0 Å². The van der Waals surface area contributed by atoms with Crippen LogP contribution < -0.4 is 0 Å². The third-order valence-electron chi connectivity index (χ3n) is 3.40. The second-order valence-electron chi connectivity index (χ2n) is 5.00. The van der Waals surface area contributed by atoms with E-state index < -0.39 is 19.8 Å². The Morgan fingerprint density at radius 2 is 1.00 bits per heavy atom. The first-order valence-corrected chi connectivity index (χ1v) is 14.3. The third-order valence-corrected chi connectivity index (χ3v) is 13.9. The average Bonchev–Trinajstić information content (AvgIpc) is 2.27. The van der Waals surface area contributed by atoms with Gasteiger partial charge in [-0.05, 0) is 0 Å². The van der Waals surface area contributed by atoms with Gasteiger partial charge in [0.25, 0.3) is 0 Å². The summed E-state index contributed by atoms with van der Waals surface area (Å²) in [7, 11) is 0. The van der Waals surface area contributed by atoms with Crippen LogP contribution in [0.3, 0.4) is 0 Å². The fourth-order valence-corrected chi connectivity index (χ4v) is 12.8. The van der Waals surface area contributed by atoms with Crippen LogP contribution in [0.1, 0.15) is 72.1 Å². The molecule has 0 saturated heterocycles. The van der Waals surface area contributed by atoms with Crippen LogP contribution in [0, 0.1) is 0 Å². The third kappa shape index (κ3) is 11.1. The number of unbranched alkanes of at least 4 members (excludes halogenated alkanes) is 5. The first-order chi connectivity index (χ1) is 7.35. The molecule has 0 saturated carbocycles. The van der Waals surface area contributed by atoms with E-state index in [-0.39, 0.29) is 0 Å². The van der Waals surface area contributed by atoms with Gasteiger partial charge in [-0.3, -0.25) is 0 Å². The first-order valence-electron chi connectivity index (χ1n) is 7.35. The van der Waals surface area contributed by atoms with Crippen LogP contribution in [0.5, 0.6) is 0 Å². The zero-order valence-electron chi connectivity index (χ0n) is 11.4. The fourth-order valence-electron chi connectivity index (χ4n) is 2.28. The van der Waals surface area contributed by atoms with Crippen molar-refractivity contribution in [1.82, 2.24) is 0 Å². The fraction of sp³-hybridized carbons (Fsp3) is 1.00. The van der Waals surface area contributed by atoms with Gasteiger partial charge in [-0.25, -0.2) is 0 Å². The molecule has 0 heterocycles. The maximum absolute atomic E-state index is 2.35. The summed E-state index contributed by atoms with van der Waals surface area (Å²) in [6.45, 7) is 7.01. The van der Waals surface area contributed by atoms with E-state index in [0.29, 0.717) is 0 Å². The standard InChI is InChI=1S/C6H13.2C4H9.Sn.H/c1-3-5-6-4-2;2*1-3-4-2;;/h1,3-6H2,2H3;2*1,3-4H2,2H3;;. The molecule has 0 fully saturated rings. The van der Waals surface area contributed by atoms with Crippen molar-refractivity contribution >= 4 is 19.8 Å². The van der Waals surface area contributed by atoms with E-state index in [9.17, 15) is 0 Å². The van der Waals surface area contributed by atoms with Crippen LogP contribution in [-0.2, 0) is 0 Å². The Morgan fingerprint density at radius 3 is 1.47 bits per heavy atom. The van der Waals surface area contributed by atoms with Gasteiger partial charge in [-0.2, -0.15) is 0 Å². The topological polar surface area (TPSA) is 0 Å². The van der Waals surface area contributed by atoms with E-state index >= 15 is 0 Å². The van der Waals surface area contributed by atoms with Gasteiger partial charge in [0.15, 0.2) is 0 Å². The van der Waals surface area contributed by atoms with E-state index in [1.165, 1.54) is 44.9 Å². The molecule has 0 aliphatic carbocycles. The molecule has 0 aromatic heterocycles. The summed E-state index contributed by atoms with van der Waals surface area (Å²) in [6.07, 6.45) is 11.9. The molecule has 0 rings (SSSR count). The monoisotopic (exact) mass is 320 g/mol. The molecule has 0 aromatic carbocycles. The Labute approximate surface area is 105 Å². The van der Waals surface area contributed by atoms with Crippen LogP contribution in [0.15, 0.2) is 0 Å². The molecule has 15 heavy (non-hydrogen) atoms. The predicted molar refractivity (Wildman–Crippen MR) is 75.5 cm³/mol. The summed E-state index contributed by atoms with van der Waals surface area (Å²) in [5, 5.41) is 0. The molecule has 0 bridgehead atoms. The van der Waals surface area contributed by atoms with Crippen molar-refractivity contribution < 1.29 is 0 Å². The zero-order chi connectivity index (χ0) is 11.4. The van der Waals surface area contributed by atoms with Crippen molar-refractivity contribution in [2.45, 2.75) is 85.4 Å². The summed E-state index contributed by atoms with van der Waals surface area (Å²) < 4.78 is 5.11. The molecule has 0 amide bonds. The van der Waals surface area contributed by atoms with Crippen molar-refractivity contribution in [3.8, 4) is 0 Å². The Hall–Kier alpha value is 0.799. The molecule has 0 N–H and O–H groups in total. The molecule has 0 spiro atoms. The van der Waals surface area contributed by atoms with Crippen molar-refractivity contribution in [1.29, 1.82) is 0 Å². The Morgan fingerprint density at radius 1 is 0.533 bits per heavy atom. The summed E-state index contributed by atoms with van der Waals surface area (Å²) in [4.78, 5) is 0. The Balaban J connectivity index is 3.49. The molecule has 0 unspecified atom stereocenters. The molecular weight excluding hydrogens is 287 g/mol. The summed E-state index contributed by atoms with van der Waals surface area (Å²) in [6, 6.07) is 0. The van der Waals surface area contributed by atoms with Gasteiger partial charge in [-0.15, -0.1) is 0 Å². The van der Waals surface area contributed by atoms with Crippen LogP contribution in [0.2, 0.25) is 13.3 Å². The molecule has 0 atom stereocenters. The molecular formula is C14H32Sn. The minimum absolute atomic E-state index is 1.01. The van der Waals surface area contributed by atoms with Crippen LogP contribution >= 0.6 is 0 Å². The second kappa shape index (κ2) is 12.9. The molecule has 0 radical (unpaired) electrons. The normalized spacial score (nSPS) is 11.2. The first kappa shape index (κ1) is 15.8. The number of rotatable bonds is 11. The van der Waals surface area contributed by atoms with E-state index in [1.807, 2.05) is 0 Å². The van der Waals surface area contributed by atoms with E-state index in [1.54, 1.807) is 19.7 Å². The van der Waals surface area contributed by atoms with Gasteiger partial charge in [0.2, 0.25) is 0 Å². The molecule has 0 aliphatic rings. The maximum atomic E-state index is 2.35. The van der Waals surface area contributed by atoms with Gasteiger partial charge in [0.05, 0.1) is 0 Å². The average molecular weight is 319 g/mol. The van der Waals surface area contributed by atoms with Crippen molar-refractivity contribution in [2.75, 3.05) is 0 Å². The van der Waals surface area contributed by atoms with Gasteiger partial charge < -0.3 is 0 Å². The Bertz CT molecular complexity index is 104. The summed E-state index contributed by atoms with van der Waals surface area (Å²) in [5.41, 5.74) is 0. The molecule has 0 nitrogen and oxygen atoms in total. The zero-order valence-corrected chi connectivity index (χ0v) is 14.7. The second-order valence-corrected chi connectivity index (χ2v) is 14.9. The van der Waals surface area contributed by atoms with E-state index in [4.69, 9.17) is 0 Å². The predicted octanol–water partition coefficient (Wildman–Crippen LogP) is 5.39. The van der Waals surface area contributed by atoms with Crippen LogP contribution in [-0.4, -0.2) is 19.8 Å². The summed E-state index contributed by atoms with van der Waals surface area (Å²) in [5.74, 6) is 0.